The van der Waals surface area contributed by atoms with E-state index in [2.05, 4.69) is 38.7 Å². The van der Waals surface area contributed by atoms with Gasteiger partial charge in [-0.1, -0.05) is 23.4 Å². The SMILES string of the molecule is CN(C)CC#C[C@H]1CC[C@H](N(C)c2ncc(Cl)cn2)CC1. The molecule has 0 atom stereocenters. The minimum Gasteiger partial charge on any atom is -0.341 e. The van der Waals surface area contributed by atoms with E-state index >= 15 is 0 Å². The maximum atomic E-state index is 5.83. The highest BCUT2D eigenvalue weighted by molar-refractivity contribution is 6.30. The number of aromatic nitrogens is 2. The predicted molar refractivity (Wildman–Crippen MR) is 87.5 cm³/mol. The quantitative estimate of drug-likeness (QED) is 0.804. The molecule has 1 saturated carbocycles. The molecule has 1 fully saturated rings. The molecule has 0 aromatic carbocycles. The van der Waals surface area contributed by atoms with Crippen molar-refractivity contribution in [1.82, 2.24) is 14.9 Å². The van der Waals surface area contributed by atoms with Crippen LogP contribution in [0.15, 0.2) is 12.4 Å². The number of hydrogen-bond donors (Lipinski definition) is 0. The summed E-state index contributed by atoms with van der Waals surface area (Å²) in [5, 5.41) is 0.576. The summed E-state index contributed by atoms with van der Waals surface area (Å²) in [4.78, 5) is 12.8. The zero-order valence-corrected chi connectivity index (χ0v) is 13.8. The smallest absolute Gasteiger partial charge is 0.225 e. The molecule has 2 rings (SSSR count). The van der Waals surface area contributed by atoms with E-state index in [1.165, 1.54) is 0 Å². The zero-order valence-electron chi connectivity index (χ0n) is 13.0. The second-order valence-electron chi connectivity index (χ2n) is 5.88. The Kier molecular flexibility index (Phi) is 5.84. The van der Waals surface area contributed by atoms with Crippen LogP contribution >= 0.6 is 11.6 Å². The van der Waals surface area contributed by atoms with E-state index in [0.29, 0.717) is 17.0 Å². The highest BCUT2D eigenvalue weighted by Crippen LogP contribution is 2.28. The Morgan fingerprint density at radius 2 is 1.76 bits per heavy atom. The fourth-order valence-corrected chi connectivity index (χ4v) is 2.70. The van der Waals surface area contributed by atoms with E-state index < -0.39 is 0 Å². The number of halogens is 1. The first-order valence-electron chi connectivity index (χ1n) is 7.39. The largest absolute Gasteiger partial charge is 0.341 e. The molecule has 1 aliphatic carbocycles. The van der Waals surface area contributed by atoms with Crippen molar-refractivity contribution >= 4 is 17.5 Å². The van der Waals surface area contributed by atoms with Gasteiger partial charge in [0.25, 0.3) is 0 Å². The molecule has 0 amide bonds. The molecule has 0 unspecified atom stereocenters. The summed E-state index contributed by atoms with van der Waals surface area (Å²) in [6.07, 6.45) is 7.90. The lowest BCUT2D eigenvalue weighted by atomic mass is 9.86. The van der Waals surface area contributed by atoms with Crippen molar-refractivity contribution in [3.63, 3.8) is 0 Å². The third-order valence-electron chi connectivity index (χ3n) is 3.87. The normalized spacial score (nSPS) is 21.8. The number of nitrogens with zero attached hydrogens (tertiary/aromatic N) is 4. The Bertz CT molecular complexity index is 495. The summed E-state index contributed by atoms with van der Waals surface area (Å²) >= 11 is 5.83. The van der Waals surface area contributed by atoms with Crippen molar-refractivity contribution in [1.29, 1.82) is 0 Å². The van der Waals surface area contributed by atoms with Gasteiger partial charge in [0.05, 0.1) is 24.0 Å². The third kappa shape index (κ3) is 4.87. The molecule has 0 aliphatic heterocycles. The van der Waals surface area contributed by atoms with Crippen LogP contribution in [0, 0.1) is 17.8 Å². The second kappa shape index (κ2) is 7.63. The van der Waals surface area contributed by atoms with E-state index in [-0.39, 0.29) is 0 Å². The lowest BCUT2D eigenvalue weighted by molar-refractivity contribution is 0.371. The molecule has 0 spiro atoms. The molecule has 0 N–H and O–H groups in total. The fraction of sp³-hybridized carbons (Fsp3) is 0.625. The average molecular weight is 307 g/mol. The van der Waals surface area contributed by atoms with Crippen molar-refractivity contribution in [2.45, 2.75) is 31.7 Å². The number of hydrogen-bond acceptors (Lipinski definition) is 4. The lowest BCUT2D eigenvalue weighted by Gasteiger charge is -2.33. The highest BCUT2D eigenvalue weighted by atomic mass is 35.5. The van der Waals surface area contributed by atoms with E-state index in [9.17, 15) is 0 Å². The molecular formula is C16H23ClN4. The fourth-order valence-electron chi connectivity index (χ4n) is 2.61. The molecule has 1 aliphatic rings. The van der Waals surface area contributed by atoms with Crippen molar-refractivity contribution in [3.05, 3.63) is 17.4 Å². The summed E-state index contributed by atoms with van der Waals surface area (Å²) in [6.45, 7) is 0.846. The van der Waals surface area contributed by atoms with E-state index in [1.54, 1.807) is 12.4 Å². The van der Waals surface area contributed by atoms with Crippen LogP contribution in [-0.4, -0.2) is 48.6 Å². The Balaban J connectivity index is 1.85. The first-order chi connectivity index (χ1) is 10.1. The Labute approximate surface area is 132 Å². The Hall–Kier alpha value is -1.31. The Morgan fingerprint density at radius 3 is 2.33 bits per heavy atom. The topological polar surface area (TPSA) is 32.3 Å². The molecule has 0 saturated heterocycles. The molecule has 1 heterocycles. The third-order valence-corrected chi connectivity index (χ3v) is 4.06. The molecule has 21 heavy (non-hydrogen) atoms. The molecule has 1 aromatic heterocycles. The van der Waals surface area contributed by atoms with Gasteiger partial charge in [-0.25, -0.2) is 9.97 Å². The van der Waals surface area contributed by atoms with Crippen LogP contribution in [0.2, 0.25) is 5.02 Å². The maximum Gasteiger partial charge on any atom is 0.225 e. The summed E-state index contributed by atoms with van der Waals surface area (Å²) in [6, 6.07) is 0.498. The van der Waals surface area contributed by atoms with E-state index in [4.69, 9.17) is 11.6 Å². The van der Waals surface area contributed by atoms with Gasteiger partial charge in [-0.2, -0.15) is 0 Å². The summed E-state index contributed by atoms with van der Waals surface area (Å²) in [5.41, 5.74) is 0. The minimum absolute atomic E-state index is 0.498. The van der Waals surface area contributed by atoms with Crippen LogP contribution in [0.5, 0.6) is 0 Å². The summed E-state index contributed by atoms with van der Waals surface area (Å²) in [7, 11) is 6.16. The van der Waals surface area contributed by atoms with Gasteiger partial charge in [0.1, 0.15) is 0 Å². The first-order valence-corrected chi connectivity index (χ1v) is 7.77. The van der Waals surface area contributed by atoms with Crippen LogP contribution in [0.25, 0.3) is 0 Å². The summed E-state index contributed by atoms with van der Waals surface area (Å²) < 4.78 is 0. The van der Waals surface area contributed by atoms with Gasteiger partial charge >= 0.3 is 0 Å². The molecule has 1 aromatic rings. The van der Waals surface area contributed by atoms with Gasteiger partial charge < -0.3 is 4.90 Å². The van der Waals surface area contributed by atoms with E-state index in [0.717, 1.165) is 38.2 Å². The highest BCUT2D eigenvalue weighted by Gasteiger charge is 2.24. The van der Waals surface area contributed by atoms with Gasteiger partial charge in [-0.3, -0.25) is 4.90 Å². The molecule has 0 radical (unpaired) electrons. The van der Waals surface area contributed by atoms with Crippen LogP contribution in [-0.2, 0) is 0 Å². The predicted octanol–water partition coefficient (Wildman–Crippen LogP) is 2.69. The van der Waals surface area contributed by atoms with Crippen molar-refractivity contribution in [2.24, 2.45) is 5.92 Å². The Morgan fingerprint density at radius 1 is 1.14 bits per heavy atom. The first kappa shape index (κ1) is 16.1. The molecule has 0 bridgehead atoms. The maximum absolute atomic E-state index is 5.83. The molecule has 4 nitrogen and oxygen atoms in total. The van der Waals surface area contributed by atoms with Crippen molar-refractivity contribution in [3.8, 4) is 11.8 Å². The zero-order chi connectivity index (χ0) is 15.2. The van der Waals surface area contributed by atoms with Gasteiger partial charge in [-0.15, -0.1) is 0 Å². The molecule has 114 valence electrons. The van der Waals surface area contributed by atoms with Crippen molar-refractivity contribution < 1.29 is 0 Å². The lowest BCUT2D eigenvalue weighted by Crippen LogP contribution is -2.36. The van der Waals surface area contributed by atoms with Crippen LogP contribution in [0.4, 0.5) is 5.95 Å². The van der Waals surface area contributed by atoms with Crippen LogP contribution < -0.4 is 4.90 Å². The van der Waals surface area contributed by atoms with Gasteiger partial charge in [0, 0.05) is 19.0 Å². The van der Waals surface area contributed by atoms with Crippen LogP contribution in [0.1, 0.15) is 25.7 Å². The number of anilines is 1. The molecular weight excluding hydrogens is 284 g/mol. The summed E-state index contributed by atoms with van der Waals surface area (Å²) in [5.74, 6) is 7.95. The van der Waals surface area contributed by atoms with Crippen molar-refractivity contribution in [2.75, 3.05) is 32.6 Å². The number of rotatable bonds is 3. The van der Waals surface area contributed by atoms with Crippen LogP contribution in [0.3, 0.4) is 0 Å². The average Bonchev–Trinajstić information content (AvgIpc) is 2.48. The molecule has 5 heteroatoms. The van der Waals surface area contributed by atoms with Gasteiger partial charge in [-0.05, 0) is 39.8 Å². The van der Waals surface area contributed by atoms with Gasteiger partial charge in [0.2, 0.25) is 5.95 Å². The monoisotopic (exact) mass is 306 g/mol. The standard InChI is InChI=1S/C16H23ClN4/c1-20(2)10-4-5-13-6-8-15(9-7-13)21(3)16-18-11-14(17)12-19-16/h11-13,15H,6-10H2,1-3H3/t13-,15-. The van der Waals surface area contributed by atoms with Gasteiger partial charge in [0.15, 0.2) is 0 Å². The van der Waals surface area contributed by atoms with E-state index in [1.807, 2.05) is 14.1 Å². The second-order valence-corrected chi connectivity index (χ2v) is 6.31. The minimum atomic E-state index is 0.498.